The number of benzene rings is 2. The summed E-state index contributed by atoms with van der Waals surface area (Å²) in [7, 11) is 0. The molecule has 4 N–H and O–H groups in total. The highest BCUT2D eigenvalue weighted by Crippen LogP contribution is 2.34. The van der Waals surface area contributed by atoms with Gasteiger partial charge in [-0.2, -0.15) is 16.9 Å². The molecule has 2 aliphatic rings. The zero-order valence-electron chi connectivity index (χ0n) is 19.0. The summed E-state index contributed by atoms with van der Waals surface area (Å²) in [6.07, 6.45) is 2.62. The predicted molar refractivity (Wildman–Crippen MR) is 133 cm³/mol. The van der Waals surface area contributed by atoms with Crippen LogP contribution < -0.4 is 5.73 Å². The zero-order chi connectivity index (χ0) is 24.1. The first kappa shape index (κ1) is 24.4. The molecular formula is C25H30N4O4S. The van der Waals surface area contributed by atoms with Crippen molar-refractivity contribution >= 4 is 29.7 Å². The minimum atomic E-state index is -1.09. The largest absolute Gasteiger partial charge is 0.480 e. The second-order valence-electron chi connectivity index (χ2n) is 8.60. The summed E-state index contributed by atoms with van der Waals surface area (Å²) >= 11 is 1.94. The molecule has 2 aliphatic heterocycles. The number of hydrogen-bond acceptors (Lipinski definition) is 8. The Morgan fingerprint density at radius 1 is 1.09 bits per heavy atom. The normalized spacial score (nSPS) is 20.9. The topological polar surface area (TPSA) is 119 Å². The number of nitrogens with two attached hydrogens (primary N) is 1. The molecule has 0 amide bonds. The number of carboxylic acid groups (broad SMARTS) is 1. The summed E-state index contributed by atoms with van der Waals surface area (Å²) in [6.45, 7) is 1.97. The molecule has 0 aliphatic carbocycles. The van der Waals surface area contributed by atoms with Crippen LogP contribution in [0.25, 0.3) is 0 Å². The van der Waals surface area contributed by atoms with E-state index in [0.717, 1.165) is 41.3 Å². The van der Waals surface area contributed by atoms with Crippen molar-refractivity contribution in [2.45, 2.75) is 18.5 Å². The summed E-state index contributed by atoms with van der Waals surface area (Å²) < 4.78 is 0. The molecule has 1 atom stereocenters. The lowest BCUT2D eigenvalue weighted by molar-refractivity contribution is -0.140. The van der Waals surface area contributed by atoms with Gasteiger partial charge in [-0.25, -0.2) is 0 Å². The van der Waals surface area contributed by atoms with E-state index in [1.807, 2.05) is 48.3 Å². The minimum Gasteiger partial charge on any atom is -0.480 e. The molecule has 0 aromatic heterocycles. The molecule has 0 bridgehead atoms. The molecule has 2 heterocycles. The smallest absolute Gasteiger partial charge is 0.317 e. The Kier molecular flexibility index (Phi) is 7.67. The highest BCUT2D eigenvalue weighted by atomic mass is 32.2. The van der Waals surface area contributed by atoms with Gasteiger partial charge in [0.1, 0.15) is 0 Å². The van der Waals surface area contributed by atoms with Crippen LogP contribution in [0.4, 0.5) is 0 Å². The van der Waals surface area contributed by atoms with Gasteiger partial charge in [0.15, 0.2) is 5.78 Å². The van der Waals surface area contributed by atoms with E-state index in [-0.39, 0.29) is 25.4 Å². The number of carbonyl (C=O) groups is 2. The van der Waals surface area contributed by atoms with E-state index >= 15 is 0 Å². The van der Waals surface area contributed by atoms with Crippen molar-refractivity contribution in [2.24, 2.45) is 10.8 Å². The van der Waals surface area contributed by atoms with E-state index in [4.69, 9.17) is 5.73 Å². The summed E-state index contributed by atoms with van der Waals surface area (Å²) in [4.78, 5) is 26.1. The average molecular weight is 483 g/mol. The maximum atomic E-state index is 13.1. The first-order valence-corrected chi connectivity index (χ1v) is 12.6. The second kappa shape index (κ2) is 10.7. The van der Waals surface area contributed by atoms with Crippen LogP contribution in [0.2, 0.25) is 0 Å². The Labute approximate surface area is 203 Å². The summed E-state index contributed by atoms with van der Waals surface area (Å²) in [6, 6.07) is 12.8. The van der Waals surface area contributed by atoms with Crippen molar-refractivity contribution in [3.8, 4) is 0 Å². The van der Waals surface area contributed by atoms with Gasteiger partial charge in [0.05, 0.1) is 18.4 Å². The summed E-state index contributed by atoms with van der Waals surface area (Å²) in [5, 5.41) is 25.4. The first-order chi connectivity index (χ1) is 16.4. The van der Waals surface area contributed by atoms with E-state index in [1.54, 1.807) is 17.0 Å². The van der Waals surface area contributed by atoms with Gasteiger partial charge in [0, 0.05) is 55.3 Å². The van der Waals surface area contributed by atoms with Gasteiger partial charge in [-0.3, -0.25) is 19.5 Å². The van der Waals surface area contributed by atoms with Gasteiger partial charge in [0.25, 0.3) is 0 Å². The molecule has 1 unspecified atom stereocenters. The molecule has 2 aromatic rings. The van der Waals surface area contributed by atoms with Gasteiger partial charge < -0.3 is 15.9 Å². The number of ketones is 1. The molecule has 1 fully saturated rings. The van der Waals surface area contributed by atoms with Crippen molar-refractivity contribution in [1.82, 2.24) is 9.91 Å². The van der Waals surface area contributed by atoms with Crippen molar-refractivity contribution in [1.29, 1.82) is 0 Å². The van der Waals surface area contributed by atoms with E-state index in [9.17, 15) is 19.8 Å². The molecule has 180 valence electrons. The van der Waals surface area contributed by atoms with E-state index < -0.39 is 11.6 Å². The van der Waals surface area contributed by atoms with Crippen molar-refractivity contribution in [3.63, 3.8) is 0 Å². The number of aliphatic carboxylic acids is 1. The highest BCUT2D eigenvalue weighted by molar-refractivity contribution is 7.99. The van der Waals surface area contributed by atoms with Gasteiger partial charge in [0.2, 0.25) is 0 Å². The molecule has 0 saturated carbocycles. The number of rotatable bonds is 8. The third kappa shape index (κ3) is 5.33. The standard InChI is InChI=1S/C25H30N4O4S/c26-25(8-12-30)22-6-5-21(15-20(22)7-9-28(25)17-23(31)32)24(33)19-3-1-18(2-4-19)16-27-29-10-13-34-14-11-29/h1-6,15-16,30H,7-14,17,26H2,(H,31,32). The average Bonchev–Trinajstić information content (AvgIpc) is 2.85. The van der Waals surface area contributed by atoms with Crippen LogP contribution in [-0.4, -0.2) is 82.4 Å². The van der Waals surface area contributed by atoms with Crippen LogP contribution in [-0.2, 0) is 16.9 Å². The molecule has 9 heteroatoms. The Morgan fingerprint density at radius 2 is 1.79 bits per heavy atom. The lowest BCUT2D eigenvalue weighted by Crippen LogP contribution is -2.58. The number of carboxylic acids is 1. The summed E-state index contributed by atoms with van der Waals surface area (Å²) in [5.41, 5.74) is 9.28. The van der Waals surface area contributed by atoms with Crippen LogP contribution in [0.1, 0.15) is 39.0 Å². The molecule has 8 nitrogen and oxygen atoms in total. The summed E-state index contributed by atoms with van der Waals surface area (Å²) in [5.74, 6) is 1.13. The Morgan fingerprint density at radius 3 is 2.47 bits per heavy atom. The number of aliphatic hydroxyl groups excluding tert-OH is 1. The molecular weight excluding hydrogens is 452 g/mol. The van der Waals surface area contributed by atoms with Gasteiger partial charge in [-0.05, 0) is 29.2 Å². The minimum absolute atomic E-state index is 0.0860. The van der Waals surface area contributed by atoms with Crippen LogP contribution in [0.5, 0.6) is 0 Å². The monoisotopic (exact) mass is 482 g/mol. The number of hydrogen-bond donors (Lipinski definition) is 3. The van der Waals surface area contributed by atoms with Crippen LogP contribution >= 0.6 is 11.8 Å². The number of fused-ring (bicyclic) bond motifs is 1. The lowest BCUT2D eigenvalue weighted by Gasteiger charge is -2.45. The number of hydrazone groups is 1. The molecule has 34 heavy (non-hydrogen) atoms. The highest BCUT2D eigenvalue weighted by Gasteiger charge is 2.40. The molecule has 1 saturated heterocycles. The van der Waals surface area contributed by atoms with Crippen molar-refractivity contribution in [2.75, 3.05) is 44.3 Å². The quantitative estimate of drug-likeness (QED) is 0.385. The number of nitrogens with zero attached hydrogens (tertiary/aromatic N) is 3. The maximum absolute atomic E-state index is 13.1. The fourth-order valence-corrected chi connectivity index (χ4v) is 5.42. The van der Waals surface area contributed by atoms with Crippen LogP contribution in [0.3, 0.4) is 0 Å². The fraction of sp³-hybridized carbons (Fsp3) is 0.400. The maximum Gasteiger partial charge on any atom is 0.317 e. The van der Waals surface area contributed by atoms with Gasteiger partial charge in [-0.1, -0.05) is 36.4 Å². The third-order valence-corrected chi connectivity index (χ3v) is 7.34. The SMILES string of the molecule is NC1(CCO)c2ccc(C(=O)c3ccc(C=NN4CCSCC4)cc3)cc2CCN1CC(=O)O. The first-order valence-electron chi connectivity index (χ1n) is 11.4. The fourth-order valence-electron chi connectivity index (χ4n) is 4.54. The predicted octanol–water partition coefficient (Wildman–Crippen LogP) is 1.74. The number of aliphatic hydroxyl groups is 1. The molecule has 0 radical (unpaired) electrons. The second-order valence-corrected chi connectivity index (χ2v) is 9.82. The van der Waals surface area contributed by atoms with Crippen molar-refractivity contribution in [3.05, 3.63) is 70.3 Å². The number of thioether (sulfide) groups is 1. The third-order valence-electron chi connectivity index (χ3n) is 6.40. The van der Waals surface area contributed by atoms with Crippen LogP contribution in [0.15, 0.2) is 47.6 Å². The molecule has 0 spiro atoms. The number of carbonyl (C=O) groups excluding carboxylic acids is 1. The molecule has 2 aromatic carbocycles. The Balaban J connectivity index is 1.51. The van der Waals surface area contributed by atoms with E-state index in [1.165, 1.54) is 0 Å². The zero-order valence-corrected chi connectivity index (χ0v) is 19.8. The van der Waals surface area contributed by atoms with Gasteiger partial charge in [-0.15, -0.1) is 0 Å². The van der Waals surface area contributed by atoms with E-state index in [2.05, 4.69) is 10.1 Å². The van der Waals surface area contributed by atoms with E-state index in [0.29, 0.717) is 24.1 Å². The van der Waals surface area contributed by atoms with Crippen molar-refractivity contribution < 1.29 is 19.8 Å². The lowest BCUT2D eigenvalue weighted by atomic mass is 9.84. The van der Waals surface area contributed by atoms with Crippen LogP contribution in [0, 0.1) is 0 Å². The Hall–Kier alpha value is -2.72. The molecule has 4 rings (SSSR count). The Bertz CT molecular complexity index is 1070. The van der Waals surface area contributed by atoms with Gasteiger partial charge >= 0.3 is 5.97 Å².